The van der Waals surface area contributed by atoms with Crippen LogP contribution in [0.25, 0.3) is 0 Å². The summed E-state index contributed by atoms with van der Waals surface area (Å²) in [6.45, 7) is 1.64. The van der Waals surface area contributed by atoms with E-state index in [4.69, 9.17) is 5.26 Å². The van der Waals surface area contributed by atoms with E-state index in [2.05, 4.69) is 20.7 Å². The van der Waals surface area contributed by atoms with Gasteiger partial charge >= 0.3 is 0 Å². The van der Waals surface area contributed by atoms with Crippen LogP contribution in [-0.4, -0.2) is 8.42 Å². The number of anilines is 1. The highest BCUT2D eigenvalue weighted by atomic mass is 79.9. The van der Waals surface area contributed by atoms with Gasteiger partial charge in [-0.05, 0) is 48.9 Å². The maximum atomic E-state index is 13.7. The number of sulfonamides is 1. The molecule has 0 spiro atoms. The summed E-state index contributed by atoms with van der Waals surface area (Å²) in [7, 11) is -3.91. The van der Waals surface area contributed by atoms with Gasteiger partial charge < -0.3 is 0 Å². The lowest BCUT2D eigenvalue weighted by Gasteiger charge is -2.10. The quantitative estimate of drug-likeness (QED) is 0.899. The van der Waals surface area contributed by atoms with Crippen LogP contribution in [0.5, 0.6) is 0 Å². The van der Waals surface area contributed by atoms with Gasteiger partial charge in [0.05, 0.1) is 22.2 Å². The van der Waals surface area contributed by atoms with Crippen molar-refractivity contribution in [3.63, 3.8) is 0 Å². The van der Waals surface area contributed by atoms with E-state index >= 15 is 0 Å². The van der Waals surface area contributed by atoms with Crippen molar-refractivity contribution in [3.05, 3.63) is 57.8 Å². The van der Waals surface area contributed by atoms with Crippen LogP contribution in [0.3, 0.4) is 0 Å². The highest BCUT2D eigenvalue weighted by molar-refractivity contribution is 9.10. The fraction of sp³-hybridized carbons (Fsp3) is 0.0714. The first-order chi connectivity index (χ1) is 9.83. The minimum atomic E-state index is -3.91. The molecule has 0 unspecified atom stereocenters. The Morgan fingerprint density at radius 1 is 1.24 bits per heavy atom. The largest absolute Gasteiger partial charge is 0.277 e. The van der Waals surface area contributed by atoms with Crippen LogP contribution in [0.15, 0.2) is 45.8 Å². The molecule has 0 radical (unpaired) electrons. The van der Waals surface area contributed by atoms with Crippen molar-refractivity contribution >= 4 is 31.6 Å². The number of nitrogens with zero attached hydrogens (tertiary/aromatic N) is 1. The van der Waals surface area contributed by atoms with E-state index < -0.39 is 15.8 Å². The van der Waals surface area contributed by atoms with Crippen LogP contribution in [-0.2, 0) is 10.0 Å². The van der Waals surface area contributed by atoms with Gasteiger partial charge in [-0.1, -0.05) is 15.9 Å². The molecule has 0 fully saturated rings. The standard InChI is InChI=1S/C14H10BrFN2O2S/c1-9-6-12(4-2-10(9)8-17)21(19,20)18-14-5-3-11(15)7-13(14)16/h2-7,18H,1H3. The topological polar surface area (TPSA) is 70.0 Å². The van der Waals surface area contributed by atoms with Crippen molar-refractivity contribution in [1.29, 1.82) is 5.26 Å². The normalized spacial score (nSPS) is 11.0. The minimum absolute atomic E-state index is 0.0266. The predicted octanol–water partition coefficient (Wildman–Crippen LogP) is 3.57. The van der Waals surface area contributed by atoms with Crippen molar-refractivity contribution in [2.75, 3.05) is 4.72 Å². The van der Waals surface area contributed by atoms with E-state index in [-0.39, 0.29) is 10.6 Å². The molecule has 2 aromatic carbocycles. The van der Waals surface area contributed by atoms with Gasteiger partial charge in [0.15, 0.2) is 0 Å². The molecule has 0 heterocycles. The van der Waals surface area contributed by atoms with Crippen molar-refractivity contribution in [2.24, 2.45) is 0 Å². The molecule has 0 bridgehead atoms. The Labute approximate surface area is 130 Å². The van der Waals surface area contributed by atoms with Gasteiger partial charge in [-0.15, -0.1) is 0 Å². The second-order valence-corrected chi connectivity index (χ2v) is 6.92. The van der Waals surface area contributed by atoms with Gasteiger partial charge in [0.2, 0.25) is 0 Å². The number of rotatable bonds is 3. The number of aryl methyl sites for hydroxylation is 1. The molecule has 2 aromatic rings. The molecule has 2 rings (SSSR count). The van der Waals surface area contributed by atoms with Crippen molar-refractivity contribution < 1.29 is 12.8 Å². The van der Waals surface area contributed by atoms with E-state index in [9.17, 15) is 12.8 Å². The van der Waals surface area contributed by atoms with Crippen LogP contribution >= 0.6 is 15.9 Å². The number of halogens is 2. The Morgan fingerprint density at radius 2 is 1.95 bits per heavy atom. The number of hydrogen-bond acceptors (Lipinski definition) is 3. The van der Waals surface area contributed by atoms with Crippen LogP contribution in [0, 0.1) is 24.1 Å². The van der Waals surface area contributed by atoms with Crippen LogP contribution < -0.4 is 4.72 Å². The van der Waals surface area contributed by atoms with E-state index in [0.29, 0.717) is 15.6 Å². The Balaban J connectivity index is 2.39. The summed E-state index contributed by atoms with van der Waals surface area (Å²) in [5.41, 5.74) is 0.792. The maximum Gasteiger partial charge on any atom is 0.261 e. The molecule has 0 aromatic heterocycles. The summed E-state index contributed by atoms with van der Waals surface area (Å²) in [4.78, 5) is -0.0266. The van der Waals surface area contributed by atoms with Crippen LogP contribution in [0.1, 0.15) is 11.1 Å². The lowest BCUT2D eigenvalue weighted by molar-refractivity contribution is 0.598. The van der Waals surface area contributed by atoms with Gasteiger partial charge in [0.25, 0.3) is 10.0 Å². The third-order valence-electron chi connectivity index (χ3n) is 2.80. The van der Waals surface area contributed by atoms with Gasteiger partial charge in [-0.25, -0.2) is 12.8 Å². The summed E-state index contributed by atoms with van der Waals surface area (Å²) < 4.78 is 40.8. The first-order valence-electron chi connectivity index (χ1n) is 5.82. The molecular formula is C14H10BrFN2O2S. The second-order valence-electron chi connectivity index (χ2n) is 4.32. The molecule has 0 aliphatic rings. The molecule has 0 aliphatic heterocycles. The summed E-state index contributed by atoms with van der Waals surface area (Å²) >= 11 is 3.10. The molecule has 21 heavy (non-hydrogen) atoms. The average Bonchev–Trinajstić information content (AvgIpc) is 2.42. The highest BCUT2D eigenvalue weighted by Gasteiger charge is 2.17. The Hall–Kier alpha value is -1.91. The third-order valence-corrected chi connectivity index (χ3v) is 4.66. The van der Waals surface area contributed by atoms with Gasteiger partial charge in [-0.2, -0.15) is 5.26 Å². The molecule has 0 atom stereocenters. The van der Waals surface area contributed by atoms with E-state index in [0.717, 1.165) is 0 Å². The predicted molar refractivity (Wildman–Crippen MR) is 80.8 cm³/mol. The molecule has 4 nitrogen and oxygen atoms in total. The van der Waals surface area contributed by atoms with Crippen molar-refractivity contribution in [1.82, 2.24) is 0 Å². The second kappa shape index (κ2) is 5.84. The molecular weight excluding hydrogens is 359 g/mol. The molecule has 7 heteroatoms. The smallest absolute Gasteiger partial charge is 0.261 e. The van der Waals surface area contributed by atoms with Crippen molar-refractivity contribution in [2.45, 2.75) is 11.8 Å². The molecule has 108 valence electrons. The van der Waals surface area contributed by atoms with Crippen LogP contribution in [0.4, 0.5) is 10.1 Å². The van der Waals surface area contributed by atoms with Crippen LogP contribution in [0.2, 0.25) is 0 Å². The number of nitriles is 1. The molecule has 0 aliphatic carbocycles. The Bertz CT molecular complexity index is 845. The monoisotopic (exact) mass is 368 g/mol. The lowest BCUT2D eigenvalue weighted by atomic mass is 10.1. The first kappa shape index (κ1) is 15.5. The maximum absolute atomic E-state index is 13.7. The average molecular weight is 369 g/mol. The number of benzene rings is 2. The zero-order chi connectivity index (χ0) is 15.6. The lowest BCUT2D eigenvalue weighted by Crippen LogP contribution is -2.14. The fourth-order valence-corrected chi connectivity index (χ4v) is 3.19. The van der Waals surface area contributed by atoms with Gasteiger partial charge in [0.1, 0.15) is 5.82 Å². The van der Waals surface area contributed by atoms with E-state index in [1.54, 1.807) is 6.92 Å². The van der Waals surface area contributed by atoms with Crippen molar-refractivity contribution in [3.8, 4) is 6.07 Å². The molecule has 0 saturated carbocycles. The van der Waals surface area contributed by atoms with Gasteiger partial charge in [-0.3, -0.25) is 4.72 Å². The zero-order valence-electron chi connectivity index (χ0n) is 10.9. The Morgan fingerprint density at radius 3 is 2.52 bits per heavy atom. The summed E-state index contributed by atoms with van der Waals surface area (Å²) in [5, 5.41) is 8.84. The third kappa shape index (κ3) is 3.40. The SMILES string of the molecule is Cc1cc(S(=O)(=O)Nc2ccc(Br)cc2F)ccc1C#N. The number of nitrogens with one attached hydrogen (secondary N) is 1. The molecule has 1 N–H and O–H groups in total. The zero-order valence-corrected chi connectivity index (χ0v) is 13.3. The van der Waals surface area contributed by atoms with E-state index in [1.165, 1.54) is 36.4 Å². The highest BCUT2D eigenvalue weighted by Crippen LogP contribution is 2.23. The summed E-state index contributed by atoms with van der Waals surface area (Å²) in [6, 6.07) is 10.1. The fourth-order valence-electron chi connectivity index (χ4n) is 1.70. The molecule has 0 saturated heterocycles. The Kier molecular flexibility index (Phi) is 4.30. The first-order valence-corrected chi connectivity index (χ1v) is 8.10. The minimum Gasteiger partial charge on any atom is -0.277 e. The summed E-state index contributed by atoms with van der Waals surface area (Å²) in [5.74, 6) is -0.682. The number of hydrogen-bond donors (Lipinski definition) is 1. The summed E-state index contributed by atoms with van der Waals surface area (Å²) in [6.07, 6.45) is 0. The van der Waals surface area contributed by atoms with E-state index in [1.807, 2.05) is 6.07 Å². The van der Waals surface area contributed by atoms with Gasteiger partial charge in [0, 0.05) is 4.47 Å². The molecule has 0 amide bonds.